The summed E-state index contributed by atoms with van der Waals surface area (Å²) in [5.41, 5.74) is 2.89. The first kappa shape index (κ1) is 20.6. The Morgan fingerprint density at radius 2 is 1.70 bits per heavy atom. The number of halogens is 2. The number of carbonyl (C=O) groups excluding carboxylic acids is 2. The second-order valence-corrected chi connectivity index (χ2v) is 8.36. The summed E-state index contributed by atoms with van der Waals surface area (Å²) in [5.74, 6) is 0.205. The molecule has 0 aromatic heterocycles. The summed E-state index contributed by atoms with van der Waals surface area (Å²) in [4.78, 5) is 25.8. The van der Waals surface area contributed by atoms with Crippen LogP contribution < -0.4 is 14.8 Å². The van der Waals surface area contributed by atoms with Crippen LogP contribution in [0.4, 0.5) is 4.39 Å². The summed E-state index contributed by atoms with van der Waals surface area (Å²) < 4.78 is 25.0. The molecular weight excluding hydrogens is 453 g/mol. The molecule has 2 aromatic rings. The molecule has 156 valence electrons. The number of ketones is 1. The van der Waals surface area contributed by atoms with Crippen LogP contribution in [0, 0.1) is 5.82 Å². The van der Waals surface area contributed by atoms with Crippen molar-refractivity contribution in [3.63, 3.8) is 0 Å². The van der Waals surface area contributed by atoms with Crippen LogP contribution in [0.3, 0.4) is 0 Å². The van der Waals surface area contributed by atoms with Gasteiger partial charge in [-0.1, -0.05) is 12.1 Å². The van der Waals surface area contributed by atoms with Gasteiger partial charge in [0, 0.05) is 35.6 Å². The number of allylic oxidation sites excluding steroid dienone is 2. The van der Waals surface area contributed by atoms with E-state index in [0.29, 0.717) is 35.6 Å². The van der Waals surface area contributed by atoms with E-state index in [1.165, 1.54) is 12.1 Å². The Morgan fingerprint density at radius 3 is 2.37 bits per heavy atom. The lowest BCUT2D eigenvalue weighted by Crippen LogP contribution is -2.38. The molecule has 0 radical (unpaired) electrons. The number of benzene rings is 2. The maximum absolute atomic E-state index is 13.3. The third-order valence-electron chi connectivity index (χ3n) is 5.76. The topological polar surface area (TPSA) is 64.6 Å². The van der Waals surface area contributed by atoms with Crippen molar-refractivity contribution in [1.82, 2.24) is 5.32 Å². The molecule has 0 spiro atoms. The van der Waals surface area contributed by atoms with Crippen molar-refractivity contribution in [1.29, 1.82) is 0 Å². The van der Waals surface area contributed by atoms with E-state index in [1.54, 1.807) is 32.4 Å². The molecule has 2 aliphatic rings. The number of ether oxygens (including phenoxy) is 2. The predicted molar refractivity (Wildman–Crippen MR) is 113 cm³/mol. The Balaban J connectivity index is 1.77. The zero-order valence-electron chi connectivity index (χ0n) is 16.6. The average Bonchev–Trinajstić information content (AvgIpc) is 2.73. The standard InChI is InChI=1S/C23H21BrFNO4/c1-29-20-11-17(24)21(30-2)9-15(20)16-10-22(28)26-18-7-13(8-19(27)23(16)18)12-3-5-14(25)6-4-12/h3-6,9,11,13,16H,7-8,10H2,1-2H3,(H,26,28)/t13-,16-/m1/s1. The van der Waals surface area contributed by atoms with Gasteiger partial charge in [0.05, 0.1) is 18.7 Å². The second kappa shape index (κ2) is 8.22. The predicted octanol–water partition coefficient (Wildman–Crippen LogP) is 4.61. The minimum absolute atomic E-state index is 0.0143. The van der Waals surface area contributed by atoms with Crippen molar-refractivity contribution < 1.29 is 23.5 Å². The van der Waals surface area contributed by atoms with E-state index in [1.807, 2.05) is 6.07 Å². The zero-order valence-corrected chi connectivity index (χ0v) is 18.2. The quantitative estimate of drug-likeness (QED) is 0.703. The summed E-state index contributed by atoms with van der Waals surface area (Å²) in [6.45, 7) is 0. The van der Waals surface area contributed by atoms with Crippen LogP contribution in [-0.2, 0) is 9.59 Å². The van der Waals surface area contributed by atoms with E-state index in [9.17, 15) is 14.0 Å². The van der Waals surface area contributed by atoms with Crippen LogP contribution in [0.15, 0.2) is 52.1 Å². The van der Waals surface area contributed by atoms with Crippen LogP contribution in [0.25, 0.3) is 0 Å². The Morgan fingerprint density at radius 1 is 1.00 bits per heavy atom. The summed E-state index contributed by atoms with van der Waals surface area (Å²) in [6.07, 6.45) is 0.991. The SMILES string of the molecule is COc1cc([C@H]2CC(=O)NC3=C2C(=O)C[C@H](c2ccc(F)cc2)C3)c(OC)cc1Br. The van der Waals surface area contributed by atoms with Gasteiger partial charge in [0.25, 0.3) is 0 Å². The second-order valence-electron chi connectivity index (χ2n) is 7.51. The minimum atomic E-state index is -0.410. The molecule has 1 heterocycles. The highest BCUT2D eigenvalue weighted by molar-refractivity contribution is 9.10. The fourth-order valence-corrected chi connectivity index (χ4v) is 4.84. The number of methoxy groups -OCH3 is 2. The number of hydrogen-bond acceptors (Lipinski definition) is 4. The first-order valence-corrected chi connectivity index (χ1v) is 10.4. The Kier molecular flexibility index (Phi) is 5.64. The molecule has 0 saturated heterocycles. The Labute approximate surface area is 182 Å². The van der Waals surface area contributed by atoms with Crippen molar-refractivity contribution in [2.75, 3.05) is 14.2 Å². The fourth-order valence-electron chi connectivity index (χ4n) is 4.35. The molecule has 0 fully saturated rings. The van der Waals surface area contributed by atoms with Crippen molar-refractivity contribution in [3.05, 3.63) is 69.1 Å². The maximum Gasteiger partial charge on any atom is 0.225 e. The van der Waals surface area contributed by atoms with Gasteiger partial charge >= 0.3 is 0 Å². The van der Waals surface area contributed by atoms with Gasteiger partial charge < -0.3 is 14.8 Å². The fraction of sp³-hybridized carbons (Fsp3) is 0.304. The van der Waals surface area contributed by atoms with E-state index in [4.69, 9.17) is 9.47 Å². The summed E-state index contributed by atoms with van der Waals surface area (Å²) in [5, 5.41) is 2.90. The molecule has 7 heteroatoms. The number of carbonyl (C=O) groups is 2. The molecule has 0 saturated carbocycles. The Hall–Kier alpha value is -2.67. The normalized spacial score (nSPS) is 21.2. The molecule has 2 aromatic carbocycles. The first-order valence-electron chi connectivity index (χ1n) is 9.64. The van der Waals surface area contributed by atoms with Gasteiger partial charge in [-0.25, -0.2) is 4.39 Å². The van der Waals surface area contributed by atoms with Crippen molar-refractivity contribution in [2.45, 2.75) is 31.1 Å². The van der Waals surface area contributed by atoms with E-state index < -0.39 is 5.92 Å². The molecule has 0 bridgehead atoms. The summed E-state index contributed by atoms with van der Waals surface area (Å²) in [7, 11) is 3.12. The third-order valence-corrected chi connectivity index (χ3v) is 6.38. The van der Waals surface area contributed by atoms with Crippen molar-refractivity contribution >= 4 is 27.6 Å². The molecule has 1 amide bonds. The highest BCUT2D eigenvalue weighted by atomic mass is 79.9. The molecule has 5 nitrogen and oxygen atoms in total. The van der Waals surface area contributed by atoms with Crippen molar-refractivity contribution in [2.24, 2.45) is 0 Å². The van der Waals surface area contributed by atoms with Crippen molar-refractivity contribution in [3.8, 4) is 11.5 Å². The van der Waals surface area contributed by atoms with Crippen LogP contribution in [0.2, 0.25) is 0 Å². The van der Waals surface area contributed by atoms with Crippen LogP contribution in [-0.4, -0.2) is 25.9 Å². The highest BCUT2D eigenvalue weighted by Crippen LogP contribution is 2.46. The van der Waals surface area contributed by atoms with Gasteiger partial charge in [-0.15, -0.1) is 0 Å². The summed E-state index contributed by atoms with van der Waals surface area (Å²) >= 11 is 3.45. The monoisotopic (exact) mass is 473 g/mol. The molecule has 2 atom stereocenters. The number of nitrogens with one attached hydrogen (secondary N) is 1. The van der Waals surface area contributed by atoms with E-state index in [0.717, 1.165) is 15.6 Å². The largest absolute Gasteiger partial charge is 0.496 e. The average molecular weight is 474 g/mol. The smallest absolute Gasteiger partial charge is 0.225 e. The minimum Gasteiger partial charge on any atom is -0.496 e. The zero-order chi connectivity index (χ0) is 21.4. The maximum atomic E-state index is 13.3. The molecule has 0 unspecified atom stereocenters. The van der Waals surface area contributed by atoms with E-state index in [-0.39, 0.29) is 29.8 Å². The first-order chi connectivity index (χ1) is 14.4. The number of Topliss-reactive ketones (excluding diaryl/α,β-unsaturated/α-hetero) is 1. The Bertz CT molecular complexity index is 1050. The van der Waals surface area contributed by atoms with Crippen LogP contribution >= 0.6 is 15.9 Å². The molecule has 1 aliphatic carbocycles. The lowest BCUT2D eigenvalue weighted by atomic mass is 9.73. The van der Waals surface area contributed by atoms with Gasteiger partial charge in [0.15, 0.2) is 5.78 Å². The van der Waals surface area contributed by atoms with Gasteiger partial charge in [-0.3, -0.25) is 9.59 Å². The number of hydrogen-bond donors (Lipinski definition) is 1. The van der Waals surface area contributed by atoms with E-state index >= 15 is 0 Å². The number of rotatable bonds is 4. The van der Waals surface area contributed by atoms with Gasteiger partial charge in [-0.05, 0) is 58.1 Å². The number of amides is 1. The van der Waals surface area contributed by atoms with Crippen LogP contribution in [0.1, 0.15) is 42.2 Å². The lowest BCUT2D eigenvalue weighted by Gasteiger charge is -2.35. The van der Waals surface area contributed by atoms with Crippen LogP contribution in [0.5, 0.6) is 11.5 Å². The highest BCUT2D eigenvalue weighted by Gasteiger charge is 2.39. The van der Waals surface area contributed by atoms with E-state index in [2.05, 4.69) is 21.2 Å². The molecule has 30 heavy (non-hydrogen) atoms. The lowest BCUT2D eigenvalue weighted by molar-refractivity contribution is -0.122. The third kappa shape index (κ3) is 3.74. The molecule has 1 N–H and O–H groups in total. The molecule has 4 rings (SSSR count). The van der Waals surface area contributed by atoms with Gasteiger partial charge in [-0.2, -0.15) is 0 Å². The summed E-state index contributed by atoms with van der Waals surface area (Å²) in [6, 6.07) is 9.79. The van der Waals surface area contributed by atoms with Gasteiger partial charge in [0.1, 0.15) is 17.3 Å². The molecule has 1 aliphatic heterocycles. The molecular formula is C23H21BrFNO4. The van der Waals surface area contributed by atoms with Gasteiger partial charge in [0.2, 0.25) is 5.91 Å².